The van der Waals surface area contributed by atoms with Crippen LogP contribution in [0.5, 0.6) is 0 Å². The van der Waals surface area contributed by atoms with Crippen molar-refractivity contribution < 1.29 is 14.4 Å². The van der Waals surface area contributed by atoms with Crippen LogP contribution in [0.1, 0.15) is 79.1 Å². The first-order chi connectivity index (χ1) is 13.2. The number of Topliss-reactive ketones (excluding diaryl/α,β-unsaturated/α-hetero) is 1. The third kappa shape index (κ3) is 2.97. The van der Waals surface area contributed by atoms with E-state index in [4.69, 9.17) is 0 Å². The average Bonchev–Trinajstić information content (AvgIpc) is 3.00. The van der Waals surface area contributed by atoms with Gasteiger partial charge in [-0.1, -0.05) is 38.1 Å². The van der Waals surface area contributed by atoms with Gasteiger partial charge in [0.05, 0.1) is 0 Å². The van der Waals surface area contributed by atoms with Crippen LogP contribution >= 0.6 is 11.8 Å². The minimum absolute atomic E-state index is 0.0864. The van der Waals surface area contributed by atoms with E-state index in [0.29, 0.717) is 36.4 Å². The summed E-state index contributed by atoms with van der Waals surface area (Å²) in [5.74, 6) is 2.34. The van der Waals surface area contributed by atoms with Crippen LogP contribution < -0.4 is 0 Å². The number of hydrogen-bond acceptors (Lipinski definition) is 4. The van der Waals surface area contributed by atoms with Crippen molar-refractivity contribution in [2.45, 2.75) is 84.3 Å². The van der Waals surface area contributed by atoms with Gasteiger partial charge in [0.15, 0.2) is 10.9 Å². The number of carbonyl (C=O) groups is 3. The molecule has 4 heteroatoms. The summed E-state index contributed by atoms with van der Waals surface area (Å²) in [6.07, 6.45) is 9.34. The summed E-state index contributed by atoms with van der Waals surface area (Å²) in [5.41, 5.74) is 1.49. The molecular formula is C24H34O3S. The topological polar surface area (TPSA) is 51.2 Å². The van der Waals surface area contributed by atoms with Gasteiger partial charge in [-0.2, -0.15) is 0 Å². The average molecular weight is 403 g/mol. The Labute approximate surface area is 173 Å². The molecule has 0 amide bonds. The van der Waals surface area contributed by atoms with Gasteiger partial charge in [-0.3, -0.25) is 14.4 Å². The van der Waals surface area contributed by atoms with Crippen molar-refractivity contribution in [2.24, 2.45) is 34.5 Å². The molecule has 4 aliphatic carbocycles. The normalized spacial score (nSPS) is 44.9. The van der Waals surface area contributed by atoms with E-state index in [0.717, 1.165) is 38.5 Å². The van der Waals surface area contributed by atoms with E-state index in [1.165, 1.54) is 5.57 Å². The molecule has 4 aliphatic rings. The van der Waals surface area contributed by atoms with E-state index >= 15 is 0 Å². The van der Waals surface area contributed by atoms with Gasteiger partial charge >= 0.3 is 0 Å². The molecule has 0 heterocycles. The number of rotatable bonds is 3. The minimum Gasteiger partial charge on any atom is -0.300 e. The van der Waals surface area contributed by atoms with Crippen LogP contribution in [0.15, 0.2) is 11.6 Å². The predicted molar refractivity (Wildman–Crippen MR) is 113 cm³/mol. The summed E-state index contributed by atoms with van der Waals surface area (Å²) < 4.78 is 0. The predicted octanol–water partition coefficient (Wildman–Crippen LogP) is 5.37. The van der Waals surface area contributed by atoms with Crippen molar-refractivity contribution in [3.05, 3.63) is 11.6 Å². The summed E-state index contributed by atoms with van der Waals surface area (Å²) in [7, 11) is 0. The fourth-order valence-electron chi connectivity index (χ4n) is 7.54. The van der Waals surface area contributed by atoms with Crippen molar-refractivity contribution in [3.63, 3.8) is 0 Å². The van der Waals surface area contributed by atoms with Crippen LogP contribution in [0, 0.1) is 34.5 Å². The highest BCUT2D eigenvalue weighted by molar-refractivity contribution is 8.14. The zero-order chi connectivity index (χ0) is 20.3. The van der Waals surface area contributed by atoms with Crippen molar-refractivity contribution in [1.82, 2.24) is 0 Å². The molecule has 0 aromatic heterocycles. The van der Waals surface area contributed by atoms with Gasteiger partial charge < -0.3 is 0 Å². The zero-order valence-electron chi connectivity index (χ0n) is 17.8. The Balaban J connectivity index is 1.75. The Hall–Kier alpha value is -0.900. The quantitative estimate of drug-likeness (QED) is 0.637. The van der Waals surface area contributed by atoms with Crippen molar-refractivity contribution in [3.8, 4) is 0 Å². The molecule has 0 saturated heterocycles. The maximum atomic E-state index is 12.4. The SMILES string of the molecule is CCC(=O)S[C@@H]1CC2=CC(=O)CC[C@]2(C)[C@H]2CC[C@]3(C)[C@@H](C(C)=O)CC[C@H]3[C@H]12. The summed E-state index contributed by atoms with van der Waals surface area (Å²) in [6, 6.07) is 0. The Kier molecular flexibility index (Phi) is 5.17. The second kappa shape index (κ2) is 7.11. The second-order valence-corrected chi connectivity index (χ2v) is 11.5. The molecule has 0 aliphatic heterocycles. The third-order valence-electron chi connectivity index (χ3n) is 9.02. The number of carbonyl (C=O) groups excluding carboxylic acids is 3. The van der Waals surface area contributed by atoms with Gasteiger partial charge in [-0.25, -0.2) is 0 Å². The van der Waals surface area contributed by atoms with Gasteiger partial charge in [-0.05, 0) is 80.1 Å². The van der Waals surface area contributed by atoms with Crippen molar-refractivity contribution in [1.29, 1.82) is 0 Å². The van der Waals surface area contributed by atoms with Gasteiger partial charge in [0.2, 0.25) is 0 Å². The zero-order valence-corrected chi connectivity index (χ0v) is 18.6. The molecule has 0 N–H and O–H groups in total. The van der Waals surface area contributed by atoms with E-state index in [9.17, 15) is 14.4 Å². The Morgan fingerprint density at radius 2 is 1.89 bits per heavy atom. The lowest BCUT2D eigenvalue weighted by atomic mass is 9.46. The monoisotopic (exact) mass is 402 g/mol. The lowest BCUT2D eigenvalue weighted by molar-refractivity contribution is -0.128. The fourth-order valence-corrected chi connectivity index (χ4v) is 8.84. The summed E-state index contributed by atoms with van der Waals surface area (Å²) in [4.78, 5) is 37.0. The summed E-state index contributed by atoms with van der Waals surface area (Å²) in [6.45, 7) is 8.45. The first-order valence-electron chi connectivity index (χ1n) is 11.1. The number of hydrogen-bond donors (Lipinski definition) is 0. The molecule has 28 heavy (non-hydrogen) atoms. The second-order valence-electron chi connectivity index (χ2n) is 10.2. The molecule has 0 aromatic carbocycles. The third-order valence-corrected chi connectivity index (χ3v) is 10.4. The molecule has 7 atom stereocenters. The van der Waals surface area contributed by atoms with E-state index in [-0.39, 0.29) is 32.9 Å². The van der Waals surface area contributed by atoms with E-state index < -0.39 is 0 Å². The molecule has 0 radical (unpaired) electrons. The maximum Gasteiger partial charge on any atom is 0.188 e. The molecule has 4 rings (SSSR count). The Morgan fingerprint density at radius 3 is 2.57 bits per heavy atom. The number of ketones is 2. The summed E-state index contributed by atoms with van der Waals surface area (Å²) >= 11 is 1.54. The van der Waals surface area contributed by atoms with Crippen LogP contribution in [0.2, 0.25) is 0 Å². The van der Waals surface area contributed by atoms with Gasteiger partial charge in [0.1, 0.15) is 5.78 Å². The van der Waals surface area contributed by atoms with Gasteiger partial charge in [-0.15, -0.1) is 0 Å². The van der Waals surface area contributed by atoms with E-state index in [1.807, 2.05) is 13.0 Å². The van der Waals surface area contributed by atoms with Crippen LogP contribution in [-0.2, 0) is 14.4 Å². The summed E-state index contributed by atoms with van der Waals surface area (Å²) in [5, 5.41) is 0.529. The van der Waals surface area contributed by atoms with Crippen LogP contribution in [-0.4, -0.2) is 21.9 Å². The van der Waals surface area contributed by atoms with Crippen LogP contribution in [0.4, 0.5) is 0 Å². The molecule has 3 nitrogen and oxygen atoms in total. The lowest BCUT2D eigenvalue weighted by Crippen LogP contribution is -2.55. The molecule has 3 fully saturated rings. The highest BCUT2D eigenvalue weighted by atomic mass is 32.2. The Morgan fingerprint density at radius 1 is 1.14 bits per heavy atom. The molecule has 0 aromatic rings. The van der Waals surface area contributed by atoms with Crippen molar-refractivity contribution in [2.75, 3.05) is 0 Å². The molecule has 0 bridgehead atoms. The van der Waals surface area contributed by atoms with Crippen LogP contribution in [0.25, 0.3) is 0 Å². The number of thioether (sulfide) groups is 1. The molecule has 154 valence electrons. The van der Waals surface area contributed by atoms with Gasteiger partial charge in [0.25, 0.3) is 0 Å². The smallest absolute Gasteiger partial charge is 0.188 e. The Bertz CT molecular complexity index is 740. The van der Waals surface area contributed by atoms with E-state index in [1.54, 1.807) is 18.7 Å². The molecule has 3 saturated carbocycles. The first kappa shape index (κ1) is 20.4. The standard InChI is InChI=1S/C24H34O3S/c1-5-21(27)28-20-13-15-12-16(26)8-10-23(15,3)19-9-11-24(4)17(14(2)25)6-7-18(24)22(19)20/h12,17-20,22H,5-11,13H2,1-4H3/t17-,18+,19+,20-,22+,23+,24-/m1/s1. The number of allylic oxidation sites excluding steroid dienone is 1. The number of fused-ring (bicyclic) bond motifs is 5. The van der Waals surface area contributed by atoms with Gasteiger partial charge in [0, 0.05) is 24.0 Å². The molecule has 0 unspecified atom stereocenters. The van der Waals surface area contributed by atoms with Crippen molar-refractivity contribution >= 4 is 28.4 Å². The lowest BCUT2D eigenvalue weighted by Gasteiger charge is -2.60. The fraction of sp³-hybridized carbons (Fsp3) is 0.792. The highest BCUT2D eigenvalue weighted by Gasteiger charge is 2.62. The van der Waals surface area contributed by atoms with Crippen LogP contribution in [0.3, 0.4) is 0 Å². The first-order valence-corrected chi connectivity index (χ1v) is 12.0. The largest absolute Gasteiger partial charge is 0.300 e. The van der Waals surface area contributed by atoms with E-state index in [2.05, 4.69) is 13.8 Å². The minimum atomic E-state index is 0.0864. The molecular weight excluding hydrogens is 368 g/mol. The molecule has 0 spiro atoms. The highest BCUT2D eigenvalue weighted by Crippen LogP contribution is 2.68. The maximum absolute atomic E-state index is 12.4.